The number of amides is 1. The highest BCUT2D eigenvalue weighted by molar-refractivity contribution is 6.32. The van der Waals surface area contributed by atoms with E-state index in [0.29, 0.717) is 23.6 Å². The van der Waals surface area contributed by atoms with Gasteiger partial charge < -0.3 is 14.8 Å². The second kappa shape index (κ2) is 11.4. The molecule has 5 nitrogen and oxygen atoms in total. The van der Waals surface area contributed by atoms with Crippen LogP contribution in [0.15, 0.2) is 48.0 Å². The smallest absolute Gasteiger partial charge is 0.261 e. The SMILES string of the molecule is C#CCOc1c(Cl)cc(/C=C(/C#N)C(=O)NCCCc2ccccc2)cc1OC. The number of ether oxygens (including phenoxy) is 2. The van der Waals surface area contributed by atoms with Crippen LogP contribution in [0.5, 0.6) is 11.5 Å². The quantitative estimate of drug-likeness (QED) is 0.294. The molecule has 0 bridgehead atoms. The summed E-state index contributed by atoms with van der Waals surface area (Å²) < 4.78 is 10.7. The van der Waals surface area contributed by atoms with Gasteiger partial charge in [0.05, 0.1) is 12.1 Å². The predicted molar refractivity (Wildman–Crippen MR) is 114 cm³/mol. The first-order valence-electron chi connectivity index (χ1n) is 8.96. The van der Waals surface area contributed by atoms with Gasteiger partial charge in [0.15, 0.2) is 11.5 Å². The zero-order chi connectivity index (χ0) is 21.1. The molecule has 29 heavy (non-hydrogen) atoms. The van der Waals surface area contributed by atoms with Gasteiger partial charge in [-0.15, -0.1) is 6.42 Å². The van der Waals surface area contributed by atoms with E-state index in [9.17, 15) is 10.1 Å². The lowest BCUT2D eigenvalue weighted by Gasteiger charge is -2.12. The first kappa shape index (κ1) is 21.9. The number of terminal acetylenes is 1. The molecule has 0 aromatic heterocycles. The van der Waals surface area contributed by atoms with Crippen molar-refractivity contribution in [3.05, 3.63) is 64.2 Å². The zero-order valence-electron chi connectivity index (χ0n) is 16.1. The first-order valence-corrected chi connectivity index (χ1v) is 9.34. The van der Waals surface area contributed by atoms with Crippen LogP contribution in [-0.4, -0.2) is 26.2 Å². The third-order valence-electron chi connectivity index (χ3n) is 4.00. The summed E-state index contributed by atoms with van der Waals surface area (Å²) in [7, 11) is 1.46. The average molecular weight is 409 g/mol. The van der Waals surface area contributed by atoms with Crippen molar-refractivity contribution >= 4 is 23.6 Å². The number of nitrogens with one attached hydrogen (secondary N) is 1. The van der Waals surface area contributed by atoms with Crippen molar-refractivity contribution in [1.82, 2.24) is 5.32 Å². The molecule has 0 aliphatic carbocycles. The minimum atomic E-state index is -0.441. The number of aryl methyl sites for hydroxylation is 1. The van der Waals surface area contributed by atoms with E-state index >= 15 is 0 Å². The molecule has 0 heterocycles. The number of hydrogen-bond donors (Lipinski definition) is 1. The molecule has 148 valence electrons. The van der Waals surface area contributed by atoms with Gasteiger partial charge in [0.1, 0.15) is 18.2 Å². The first-order chi connectivity index (χ1) is 14.1. The molecule has 2 aromatic rings. The number of nitriles is 1. The van der Waals surface area contributed by atoms with Crippen LogP contribution >= 0.6 is 11.6 Å². The van der Waals surface area contributed by atoms with Crippen molar-refractivity contribution in [1.29, 1.82) is 5.26 Å². The van der Waals surface area contributed by atoms with Gasteiger partial charge in [-0.05, 0) is 42.2 Å². The number of carbonyl (C=O) groups is 1. The van der Waals surface area contributed by atoms with Gasteiger partial charge >= 0.3 is 0 Å². The lowest BCUT2D eigenvalue weighted by Crippen LogP contribution is -2.25. The number of methoxy groups -OCH3 is 1. The Morgan fingerprint density at radius 2 is 2.07 bits per heavy atom. The molecule has 2 aromatic carbocycles. The maximum Gasteiger partial charge on any atom is 0.261 e. The highest BCUT2D eigenvalue weighted by Gasteiger charge is 2.13. The molecule has 0 saturated heterocycles. The number of nitrogens with zero attached hydrogens (tertiary/aromatic N) is 1. The Labute approximate surface area is 175 Å². The van der Waals surface area contributed by atoms with Crippen LogP contribution in [-0.2, 0) is 11.2 Å². The minimum Gasteiger partial charge on any atom is -0.493 e. The molecule has 0 fully saturated rings. The van der Waals surface area contributed by atoms with E-state index in [2.05, 4.69) is 11.2 Å². The van der Waals surface area contributed by atoms with Gasteiger partial charge in [-0.25, -0.2) is 0 Å². The maximum atomic E-state index is 12.3. The van der Waals surface area contributed by atoms with Crippen LogP contribution in [0, 0.1) is 23.7 Å². The van der Waals surface area contributed by atoms with Crippen molar-refractivity contribution in [2.24, 2.45) is 0 Å². The van der Waals surface area contributed by atoms with Crippen molar-refractivity contribution in [3.8, 4) is 29.9 Å². The Balaban J connectivity index is 2.04. The van der Waals surface area contributed by atoms with Gasteiger partial charge in [-0.3, -0.25) is 4.79 Å². The molecule has 0 aliphatic heterocycles. The third kappa shape index (κ3) is 6.60. The normalized spacial score (nSPS) is 10.6. The average Bonchev–Trinajstić information content (AvgIpc) is 2.74. The van der Waals surface area contributed by atoms with Gasteiger partial charge in [0, 0.05) is 6.54 Å². The summed E-state index contributed by atoms with van der Waals surface area (Å²) in [6.45, 7) is 0.510. The van der Waals surface area contributed by atoms with E-state index < -0.39 is 5.91 Å². The molecule has 2 rings (SSSR count). The Bertz CT molecular complexity index is 957. The Morgan fingerprint density at radius 3 is 2.72 bits per heavy atom. The predicted octanol–water partition coefficient (Wildman–Crippen LogP) is 4.02. The lowest BCUT2D eigenvalue weighted by atomic mass is 10.1. The molecule has 1 amide bonds. The molecule has 0 unspecified atom stereocenters. The lowest BCUT2D eigenvalue weighted by molar-refractivity contribution is -0.117. The minimum absolute atomic E-state index is 0.0277. The molecular weight excluding hydrogens is 388 g/mol. The fourth-order valence-corrected chi connectivity index (χ4v) is 2.90. The van der Waals surface area contributed by atoms with Crippen molar-refractivity contribution in [2.45, 2.75) is 12.8 Å². The van der Waals surface area contributed by atoms with E-state index in [1.54, 1.807) is 12.1 Å². The fraction of sp³-hybridized carbons (Fsp3) is 0.217. The van der Waals surface area contributed by atoms with E-state index in [4.69, 9.17) is 27.5 Å². The topological polar surface area (TPSA) is 71.3 Å². The highest BCUT2D eigenvalue weighted by atomic mass is 35.5. The summed E-state index contributed by atoms with van der Waals surface area (Å²) in [6.07, 6.45) is 8.27. The molecule has 0 aliphatic rings. The summed E-state index contributed by atoms with van der Waals surface area (Å²) in [5, 5.41) is 12.4. The fourth-order valence-electron chi connectivity index (χ4n) is 2.63. The standard InChI is InChI=1S/C23H21ClN2O3/c1-3-12-29-22-20(24)14-18(15-21(22)28-2)13-19(16-25)23(27)26-11-7-10-17-8-5-4-6-9-17/h1,4-6,8-9,13-15H,7,10-12H2,2H3,(H,26,27)/b19-13-. The Kier molecular flexibility index (Phi) is 8.63. The number of halogens is 1. The summed E-state index contributed by atoms with van der Waals surface area (Å²) >= 11 is 6.23. The molecular formula is C23H21ClN2O3. The number of benzene rings is 2. The molecule has 6 heteroatoms. The van der Waals surface area contributed by atoms with Crippen molar-refractivity contribution < 1.29 is 14.3 Å². The number of hydrogen-bond acceptors (Lipinski definition) is 4. The van der Waals surface area contributed by atoms with E-state index in [1.165, 1.54) is 18.7 Å². The Morgan fingerprint density at radius 1 is 1.31 bits per heavy atom. The van der Waals surface area contributed by atoms with Crippen LogP contribution in [0.2, 0.25) is 5.02 Å². The molecule has 0 radical (unpaired) electrons. The van der Waals surface area contributed by atoms with Crippen molar-refractivity contribution in [3.63, 3.8) is 0 Å². The number of carbonyl (C=O) groups excluding carboxylic acids is 1. The van der Waals surface area contributed by atoms with E-state index in [1.807, 2.05) is 36.4 Å². The second-order valence-electron chi connectivity index (χ2n) is 6.04. The van der Waals surface area contributed by atoms with E-state index in [-0.39, 0.29) is 17.2 Å². The van der Waals surface area contributed by atoms with Crippen LogP contribution in [0.1, 0.15) is 17.5 Å². The van der Waals surface area contributed by atoms with Gasteiger partial charge in [-0.1, -0.05) is 47.9 Å². The molecule has 0 spiro atoms. The largest absolute Gasteiger partial charge is 0.493 e. The monoisotopic (exact) mass is 408 g/mol. The van der Waals surface area contributed by atoms with Gasteiger partial charge in [-0.2, -0.15) is 5.26 Å². The zero-order valence-corrected chi connectivity index (χ0v) is 16.8. The van der Waals surface area contributed by atoms with Crippen molar-refractivity contribution in [2.75, 3.05) is 20.3 Å². The summed E-state index contributed by atoms with van der Waals surface area (Å²) in [6, 6.07) is 15.1. The second-order valence-corrected chi connectivity index (χ2v) is 6.45. The summed E-state index contributed by atoms with van der Waals surface area (Å²) in [5.41, 5.74) is 1.71. The number of rotatable bonds is 9. The maximum absolute atomic E-state index is 12.3. The molecule has 1 N–H and O–H groups in total. The summed E-state index contributed by atoms with van der Waals surface area (Å²) in [4.78, 5) is 12.3. The Hall–Kier alpha value is -3.41. The summed E-state index contributed by atoms with van der Waals surface area (Å²) in [5.74, 6) is 2.59. The van der Waals surface area contributed by atoms with Gasteiger partial charge in [0.25, 0.3) is 5.91 Å². The highest BCUT2D eigenvalue weighted by Crippen LogP contribution is 2.37. The van der Waals surface area contributed by atoms with Gasteiger partial charge in [0.2, 0.25) is 0 Å². The van der Waals surface area contributed by atoms with E-state index in [0.717, 1.165) is 12.8 Å². The molecule has 0 saturated carbocycles. The third-order valence-corrected chi connectivity index (χ3v) is 4.28. The van der Waals surface area contributed by atoms with Crippen LogP contribution in [0.4, 0.5) is 0 Å². The van der Waals surface area contributed by atoms with Crippen LogP contribution in [0.3, 0.4) is 0 Å². The van der Waals surface area contributed by atoms with Crippen LogP contribution < -0.4 is 14.8 Å². The molecule has 0 atom stereocenters. The van der Waals surface area contributed by atoms with Crippen LogP contribution in [0.25, 0.3) is 6.08 Å².